The normalized spacial score (nSPS) is 21.0. The Morgan fingerprint density at radius 2 is 1.96 bits per heavy atom. The van der Waals surface area contributed by atoms with Crippen LogP contribution in [0.3, 0.4) is 0 Å². The predicted octanol–water partition coefficient (Wildman–Crippen LogP) is 3.20. The average molecular weight is 375 g/mol. The molecule has 140 valence electrons. The molecule has 1 heterocycles. The minimum atomic E-state index is -1.10. The summed E-state index contributed by atoms with van der Waals surface area (Å²) in [5.41, 5.74) is -0.408. The molecule has 1 aliphatic rings. The number of nitrogens with one attached hydrogen (secondary N) is 2. The van der Waals surface area contributed by atoms with E-state index < -0.39 is 11.3 Å². The Balaban J connectivity index is 2.02. The zero-order valence-electron chi connectivity index (χ0n) is 15.4. The molecular formula is C19H25N3O3S. The van der Waals surface area contributed by atoms with E-state index in [0.717, 1.165) is 24.6 Å². The minimum Gasteiger partial charge on any atom is -0.325 e. The second kappa shape index (κ2) is 8.98. The van der Waals surface area contributed by atoms with Crippen molar-refractivity contribution >= 4 is 40.3 Å². The third-order valence-electron chi connectivity index (χ3n) is 4.73. The van der Waals surface area contributed by atoms with Gasteiger partial charge in [-0.3, -0.25) is 14.4 Å². The van der Waals surface area contributed by atoms with E-state index in [1.165, 1.54) is 0 Å². The molecule has 1 aromatic carbocycles. The molecule has 0 bridgehead atoms. The molecule has 0 radical (unpaired) electrons. The number of thioether (sulfide) groups is 1. The first-order valence-electron chi connectivity index (χ1n) is 8.86. The number of carbonyl (C=O) groups is 3. The Kier molecular flexibility index (Phi) is 6.97. The van der Waals surface area contributed by atoms with Crippen molar-refractivity contribution in [2.45, 2.75) is 40.0 Å². The van der Waals surface area contributed by atoms with Crippen LogP contribution in [0.1, 0.15) is 40.0 Å². The van der Waals surface area contributed by atoms with Crippen LogP contribution in [0.4, 0.5) is 5.69 Å². The van der Waals surface area contributed by atoms with E-state index >= 15 is 0 Å². The van der Waals surface area contributed by atoms with Crippen LogP contribution in [0.5, 0.6) is 0 Å². The number of benzene rings is 1. The second-order valence-corrected chi connectivity index (χ2v) is 7.36. The lowest BCUT2D eigenvalue weighted by Gasteiger charge is -2.36. The van der Waals surface area contributed by atoms with Gasteiger partial charge in [0.25, 0.3) is 5.91 Å². The van der Waals surface area contributed by atoms with E-state index in [4.69, 9.17) is 0 Å². The number of hydrogen-bond acceptors (Lipinski definition) is 4. The number of aliphatic imine (C=N–C) groups is 1. The first kappa shape index (κ1) is 20.2. The molecular weight excluding hydrogens is 350 g/mol. The highest BCUT2D eigenvalue weighted by atomic mass is 32.2. The van der Waals surface area contributed by atoms with Crippen LogP contribution < -0.4 is 10.6 Å². The van der Waals surface area contributed by atoms with E-state index in [0.29, 0.717) is 12.1 Å². The minimum absolute atomic E-state index is 0.0604. The van der Waals surface area contributed by atoms with Gasteiger partial charge in [0.15, 0.2) is 5.17 Å². The van der Waals surface area contributed by atoms with Crippen LogP contribution in [0.2, 0.25) is 0 Å². The number of amides is 3. The number of nitrogens with zero attached hydrogens (tertiary/aromatic N) is 1. The maximum Gasteiger partial charge on any atom is 0.264 e. The number of para-hydroxylation sites is 1. The standard InChI is InChI=1S/C19H25N3O3S/c1-4-9-13(3)19(5-2)16(24)21-18(22-17(19)25)26-12-15(23)20-14-10-7-6-8-11-14/h6-8,10-11,13H,4-5,9,12H2,1-3H3,(H,20,23)(H,21,22,24,25). The first-order valence-corrected chi connectivity index (χ1v) is 9.84. The van der Waals surface area contributed by atoms with Gasteiger partial charge in [-0.15, -0.1) is 0 Å². The Bertz CT molecular complexity index is 705. The van der Waals surface area contributed by atoms with Gasteiger partial charge in [-0.25, -0.2) is 0 Å². The fourth-order valence-corrected chi connectivity index (χ4v) is 3.87. The van der Waals surface area contributed by atoms with Crippen molar-refractivity contribution in [3.05, 3.63) is 30.3 Å². The number of carbonyl (C=O) groups excluding carboxylic acids is 3. The Labute approximate surface area is 158 Å². The van der Waals surface area contributed by atoms with Gasteiger partial charge in [0.1, 0.15) is 5.41 Å². The van der Waals surface area contributed by atoms with Crippen LogP contribution >= 0.6 is 11.8 Å². The molecule has 26 heavy (non-hydrogen) atoms. The third-order valence-corrected chi connectivity index (χ3v) is 5.60. The largest absolute Gasteiger partial charge is 0.325 e. The van der Waals surface area contributed by atoms with Crippen LogP contribution in [-0.4, -0.2) is 28.6 Å². The van der Waals surface area contributed by atoms with Crippen molar-refractivity contribution in [3.63, 3.8) is 0 Å². The Morgan fingerprint density at radius 3 is 2.54 bits per heavy atom. The summed E-state index contributed by atoms with van der Waals surface area (Å²) in [4.78, 5) is 41.4. The van der Waals surface area contributed by atoms with Crippen LogP contribution in [-0.2, 0) is 14.4 Å². The van der Waals surface area contributed by atoms with E-state index in [1.807, 2.05) is 39.0 Å². The van der Waals surface area contributed by atoms with Crippen molar-refractivity contribution in [3.8, 4) is 0 Å². The van der Waals surface area contributed by atoms with E-state index in [1.54, 1.807) is 12.1 Å². The highest BCUT2D eigenvalue weighted by Gasteiger charge is 2.51. The molecule has 7 heteroatoms. The smallest absolute Gasteiger partial charge is 0.264 e. The average Bonchev–Trinajstić information content (AvgIpc) is 2.61. The zero-order chi connectivity index (χ0) is 19.2. The van der Waals surface area contributed by atoms with Crippen LogP contribution in [0, 0.1) is 11.3 Å². The predicted molar refractivity (Wildman–Crippen MR) is 105 cm³/mol. The first-order chi connectivity index (χ1) is 12.4. The molecule has 0 fully saturated rings. The second-order valence-electron chi connectivity index (χ2n) is 6.39. The van der Waals surface area contributed by atoms with Gasteiger partial charge < -0.3 is 10.6 Å². The molecule has 0 aromatic heterocycles. The molecule has 0 spiro atoms. The van der Waals surface area contributed by atoms with E-state index in [-0.39, 0.29) is 28.7 Å². The topological polar surface area (TPSA) is 87.6 Å². The summed E-state index contributed by atoms with van der Waals surface area (Å²) < 4.78 is 0. The van der Waals surface area contributed by atoms with Gasteiger partial charge in [0.2, 0.25) is 11.8 Å². The quantitative estimate of drug-likeness (QED) is 0.717. The Hall–Kier alpha value is -2.15. The lowest BCUT2D eigenvalue weighted by molar-refractivity contribution is -0.145. The fourth-order valence-electron chi connectivity index (χ4n) is 3.22. The van der Waals surface area contributed by atoms with Crippen molar-refractivity contribution in [1.29, 1.82) is 0 Å². The van der Waals surface area contributed by atoms with Gasteiger partial charge in [-0.05, 0) is 30.9 Å². The highest BCUT2D eigenvalue weighted by Crippen LogP contribution is 2.38. The van der Waals surface area contributed by atoms with Crippen molar-refractivity contribution in [2.24, 2.45) is 16.3 Å². The van der Waals surface area contributed by atoms with Gasteiger partial charge in [0, 0.05) is 5.69 Å². The molecule has 6 nitrogen and oxygen atoms in total. The summed E-state index contributed by atoms with van der Waals surface area (Å²) >= 11 is 1.05. The number of amidine groups is 1. The summed E-state index contributed by atoms with van der Waals surface area (Å²) in [6.45, 7) is 5.79. The molecule has 1 aromatic rings. The Morgan fingerprint density at radius 1 is 1.27 bits per heavy atom. The molecule has 1 aliphatic heterocycles. The number of anilines is 1. The zero-order valence-corrected chi connectivity index (χ0v) is 16.2. The molecule has 2 rings (SSSR count). The lowest BCUT2D eigenvalue weighted by atomic mass is 9.70. The summed E-state index contributed by atoms with van der Waals surface area (Å²) in [7, 11) is 0. The molecule has 2 atom stereocenters. The van der Waals surface area contributed by atoms with Crippen LogP contribution in [0.15, 0.2) is 35.3 Å². The van der Waals surface area contributed by atoms with Crippen molar-refractivity contribution in [2.75, 3.05) is 11.1 Å². The summed E-state index contributed by atoms with van der Waals surface area (Å²) in [6.07, 6.45) is 2.09. The lowest BCUT2D eigenvalue weighted by Crippen LogP contribution is -2.54. The van der Waals surface area contributed by atoms with E-state index in [9.17, 15) is 14.4 Å². The molecule has 2 unspecified atom stereocenters. The third kappa shape index (κ3) is 4.33. The number of rotatable bonds is 7. The fraction of sp³-hybridized carbons (Fsp3) is 0.474. The van der Waals surface area contributed by atoms with E-state index in [2.05, 4.69) is 15.6 Å². The molecule has 0 saturated carbocycles. The molecule has 0 aliphatic carbocycles. The summed E-state index contributed by atoms with van der Waals surface area (Å²) in [5.74, 6) is -0.966. The molecule has 2 N–H and O–H groups in total. The van der Waals surface area contributed by atoms with Gasteiger partial charge >= 0.3 is 0 Å². The maximum atomic E-state index is 12.7. The summed E-state index contributed by atoms with van der Waals surface area (Å²) in [6, 6.07) is 9.10. The molecule has 3 amide bonds. The van der Waals surface area contributed by atoms with Gasteiger partial charge in [0.05, 0.1) is 5.75 Å². The summed E-state index contributed by atoms with van der Waals surface area (Å²) in [5, 5.41) is 5.66. The maximum absolute atomic E-state index is 12.7. The number of hydrogen-bond donors (Lipinski definition) is 2. The van der Waals surface area contributed by atoms with Crippen molar-refractivity contribution < 1.29 is 14.4 Å². The monoisotopic (exact) mass is 375 g/mol. The van der Waals surface area contributed by atoms with Crippen LogP contribution in [0.25, 0.3) is 0 Å². The van der Waals surface area contributed by atoms with Crippen molar-refractivity contribution in [1.82, 2.24) is 5.32 Å². The van der Waals surface area contributed by atoms with Gasteiger partial charge in [-0.1, -0.05) is 57.2 Å². The highest BCUT2D eigenvalue weighted by molar-refractivity contribution is 8.14. The van der Waals surface area contributed by atoms with Gasteiger partial charge in [-0.2, -0.15) is 4.99 Å². The SMILES string of the molecule is CCCC(C)C1(CC)C(=O)N=C(SCC(=O)Nc2ccccc2)NC1=O. The molecule has 0 saturated heterocycles.